The maximum atomic E-state index is 12.9. The summed E-state index contributed by atoms with van der Waals surface area (Å²) in [5, 5.41) is 8.85. The molecular formula is C10H13FN2O4S. The number of carboxylic acids is 1. The van der Waals surface area contributed by atoms with Crippen molar-refractivity contribution in [3.05, 3.63) is 24.3 Å². The van der Waals surface area contributed by atoms with Crippen LogP contribution in [-0.2, 0) is 14.8 Å². The van der Waals surface area contributed by atoms with Gasteiger partial charge in [-0.1, -0.05) is 0 Å². The molecule has 0 saturated carbocycles. The lowest BCUT2D eigenvalue weighted by Gasteiger charge is -2.19. The molecule has 0 aliphatic carbocycles. The van der Waals surface area contributed by atoms with Crippen LogP contribution in [0, 0.1) is 11.2 Å². The normalized spacial score (nSPS) is 12.4. The van der Waals surface area contributed by atoms with E-state index in [0.717, 1.165) is 18.5 Å². The van der Waals surface area contributed by atoms with Crippen molar-refractivity contribution in [3.63, 3.8) is 0 Å². The lowest BCUT2D eigenvalue weighted by Crippen LogP contribution is -2.38. The van der Waals surface area contributed by atoms with Gasteiger partial charge in [-0.05, 0) is 19.9 Å². The van der Waals surface area contributed by atoms with Crippen molar-refractivity contribution in [2.24, 2.45) is 5.41 Å². The molecule has 1 aromatic heterocycles. The number of rotatable bonds is 5. The van der Waals surface area contributed by atoms with Gasteiger partial charge in [0.15, 0.2) is 0 Å². The van der Waals surface area contributed by atoms with Crippen LogP contribution in [0.5, 0.6) is 0 Å². The van der Waals surface area contributed by atoms with E-state index in [2.05, 4.69) is 9.71 Å². The molecule has 1 aromatic rings. The number of sulfonamides is 1. The first-order valence-electron chi connectivity index (χ1n) is 4.99. The standard InChI is InChI=1S/C10H13FN2O4S/c1-10(2,9(14)15)6-13-18(16,17)8-3-7(11)4-12-5-8/h3-5,13H,6H2,1-2H3,(H,14,15). The zero-order valence-electron chi connectivity index (χ0n) is 9.84. The number of hydrogen-bond acceptors (Lipinski definition) is 4. The number of carbonyl (C=O) groups is 1. The molecule has 0 amide bonds. The van der Waals surface area contributed by atoms with Crippen molar-refractivity contribution in [2.75, 3.05) is 6.54 Å². The number of hydrogen-bond donors (Lipinski definition) is 2. The molecule has 2 N–H and O–H groups in total. The summed E-state index contributed by atoms with van der Waals surface area (Å²) in [4.78, 5) is 13.9. The summed E-state index contributed by atoms with van der Waals surface area (Å²) < 4.78 is 38.4. The van der Waals surface area contributed by atoms with E-state index in [1.54, 1.807) is 0 Å². The van der Waals surface area contributed by atoms with E-state index < -0.39 is 27.2 Å². The molecular weight excluding hydrogens is 263 g/mol. The number of aliphatic carboxylic acids is 1. The van der Waals surface area contributed by atoms with Gasteiger partial charge in [0.2, 0.25) is 10.0 Å². The molecule has 0 radical (unpaired) electrons. The van der Waals surface area contributed by atoms with Gasteiger partial charge in [-0.2, -0.15) is 0 Å². The van der Waals surface area contributed by atoms with Crippen molar-refractivity contribution in [3.8, 4) is 0 Å². The smallest absolute Gasteiger partial charge is 0.310 e. The van der Waals surface area contributed by atoms with Crippen LogP contribution in [0.1, 0.15) is 13.8 Å². The second kappa shape index (κ2) is 4.99. The topological polar surface area (TPSA) is 96.4 Å². The fourth-order valence-corrected chi connectivity index (χ4v) is 2.16. The van der Waals surface area contributed by atoms with Gasteiger partial charge >= 0.3 is 5.97 Å². The summed E-state index contributed by atoms with van der Waals surface area (Å²) in [5.74, 6) is -1.92. The minimum absolute atomic E-state index is 0.304. The quantitative estimate of drug-likeness (QED) is 0.821. The van der Waals surface area contributed by atoms with Gasteiger partial charge < -0.3 is 5.11 Å². The Bertz CT molecular complexity index is 557. The third-order valence-electron chi connectivity index (χ3n) is 2.27. The molecule has 0 atom stereocenters. The van der Waals surface area contributed by atoms with Gasteiger partial charge in [0, 0.05) is 12.7 Å². The highest BCUT2D eigenvalue weighted by Crippen LogP contribution is 2.15. The highest BCUT2D eigenvalue weighted by molar-refractivity contribution is 7.89. The second-order valence-corrected chi connectivity index (χ2v) is 6.12. The molecule has 0 unspecified atom stereocenters. The highest BCUT2D eigenvalue weighted by atomic mass is 32.2. The van der Waals surface area contributed by atoms with Crippen LogP contribution in [0.3, 0.4) is 0 Å². The van der Waals surface area contributed by atoms with Gasteiger partial charge in [-0.3, -0.25) is 9.78 Å². The van der Waals surface area contributed by atoms with Crippen LogP contribution in [0.15, 0.2) is 23.4 Å². The largest absolute Gasteiger partial charge is 0.481 e. The van der Waals surface area contributed by atoms with Crippen molar-refractivity contribution >= 4 is 16.0 Å². The average molecular weight is 276 g/mol. The molecule has 0 spiro atoms. The molecule has 0 saturated heterocycles. The molecule has 0 aliphatic rings. The van der Waals surface area contributed by atoms with Crippen LogP contribution >= 0.6 is 0 Å². The first-order valence-corrected chi connectivity index (χ1v) is 6.47. The molecule has 0 bridgehead atoms. The van der Waals surface area contributed by atoms with Crippen molar-refractivity contribution in [1.82, 2.24) is 9.71 Å². The maximum absolute atomic E-state index is 12.9. The summed E-state index contributed by atoms with van der Waals surface area (Å²) in [5.41, 5.74) is -1.26. The summed E-state index contributed by atoms with van der Waals surface area (Å²) in [6.45, 7) is 2.45. The van der Waals surface area contributed by atoms with Crippen LogP contribution in [0.2, 0.25) is 0 Å². The first kappa shape index (κ1) is 14.5. The summed E-state index contributed by atoms with van der Waals surface area (Å²) >= 11 is 0. The van der Waals surface area contributed by atoms with E-state index in [1.807, 2.05) is 0 Å². The number of aromatic nitrogens is 1. The lowest BCUT2D eigenvalue weighted by molar-refractivity contribution is -0.146. The van der Waals surface area contributed by atoms with Gasteiger partial charge in [-0.25, -0.2) is 17.5 Å². The Balaban J connectivity index is 2.87. The highest BCUT2D eigenvalue weighted by Gasteiger charge is 2.29. The molecule has 8 heteroatoms. The van der Waals surface area contributed by atoms with Crippen LogP contribution in [0.25, 0.3) is 0 Å². The van der Waals surface area contributed by atoms with Gasteiger partial charge in [0.05, 0.1) is 11.6 Å². The minimum Gasteiger partial charge on any atom is -0.481 e. The van der Waals surface area contributed by atoms with E-state index >= 15 is 0 Å². The summed E-state index contributed by atoms with van der Waals surface area (Å²) in [6, 6.07) is 0.809. The molecule has 0 fully saturated rings. The van der Waals surface area contributed by atoms with E-state index in [9.17, 15) is 17.6 Å². The Labute approximate surface area is 104 Å². The van der Waals surface area contributed by atoms with Crippen LogP contribution in [-0.4, -0.2) is 31.0 Å². The lowest BCUT2D eigenvalue weighted by atomic mass is 9.95. The second-order valence-electron chi connectivity index (χ2n) is 4.35. The Hall–Kier alpha value is -1.54. The number of nitrogens with zero attached hydrogens (tertiary/aromatic N) is 1. The molecule has 18 heavy (non-hydrogen) atoms. The van der Waals surface area contributed by atoms with Crippen molar-refractivity contribution in [1.29, 1.82) is 0 Å². The Morgan fingerprint density at radius 1 is 1.50 bits per heavy atom. The van der Waals surface area contributed by atoms with Crippen LogP contribution < -0.4 is 4.72 Å². The monoisotopic (exact) mass is 276 g/mol. The average Bonchev–Trinajstić information content (AvgIpc) is 2.26. The summed E-state index contributed by atoms with van der Waals surface area (Å²) in [7, 11) is -3.97. The van der Waals surface area contributed by atoms with E-state index in [1.165, 1.54) is 13.8 Å². The SMILES string of the molecule is CC(C)(CNS(=O)(=O)c1cncc(F)c1)C(=O)O. The van der Waals surface area contributed by atoms with Gasteiger partial charge in [0.25, 0.3) is 0 Å². The van der Waals surface area contributed by atoms with Gasteiger partial charge in [-0.15, -0.1) is 0 Å². The maximum Gasteiger partial charge on any atom is 0.310 e. The zero-order valence-corrected chi connectivity index (χ0v) is 10.7. The van der Waals surface area contributed by atoms with Crippen LogP contribution in [0.4, 0.5) is 4.39 Å². The summed E-state index contributed by atoms with van der Waals surface area (Å²) in [6.07, 6.45) is 1.86. The molecule has 0 aliphatic heterocycles. The fraction of sp³-hybridized carbons (Fsp3) is 0.400. The predicted molar refractivity (Wildman–Crippen MR) is 60.8 cm³/mol. The van der Waals surface area contributed by atoms with E-state index in [0.29, 0.717) is 0 Å². The molecule has 100 valence electrons. The Morgan fingerprint density at radius 3 is 2.61 bits per heavy atom. The van der Waals surface area contributed by atoms with E-state index in [-0.39, 0.29) is 11.4 Å². The first-order chi connectivity index (χ1) is 8.15. The van der Waals surface area contributed by atoms with E-state index in [4.69, 9.17) is 5.11 Å². The number of pyridine rings is 1. The third kappa shape index (κ3) is 3.47. The fourth-order valence-electron chi connectivity index (χ4n) is 0.974. The number of halogens is 1. The minimum atomic E-state index is -3.97. The Kier molecular flexibility index (Phi) is 4.02. The molecule has 6 nitrogen and oxygen atoms in total. The predicted octanol–water partition coefficient (Wildman–Crippen LogP) is 0.610. The Morgan fingerprint density at radius 2 is 2.11 bits per heavy atom. The molecule has 1 heterocycles. The number of nitrogens with one attached hydrogen (secondary N) is 1. The van der Waals surface area contributed by atoms with Crippen molar-refractivity contribution in [2.45, 2.75) is 18.7 Å². The third-order valence-corrected chi connectivity index (χ3v) is 3.64. The number of carboxylic acid groups (broad SMARTS) is 1. The molecule has 0 aromatic carbocycles. The van der Waals surface area contributed by atoms with Crippen molar-refractivity contribution < 1.29 is 22.7 Å². The molecule has 1 rings (SSSR count). The zero-order chi connectivity index (χ0) is 14.0. The van der Waals surface area contributed by atoms with Gasteiger partial charge in [0.1, 0.15) is 10.7 Å².